The Labute approximate surface area is 127 Å². The van der Waals surface area contributed by atoms with Crippen molar-refractivity contribution in [3.8, 4) is 0 Å². The Morgan fingerprint density at radius 2 is 2.05 bits per heavy atom. The van der Waals surface area contributed by atoms with E-state index < -0.39 is 0 Å². The van der Waals surface area contributed by atoms with E-state index in [4.69, 9.17) is 11.6 Å². The average Bonchev–Trinajstić information content (AvgIpc) is 2.38. The molecule has 0 spiro atoms. The van der Waals surface area contributed by atoms with Crippen molar-refractivity contribution < 1.29 is 5.11 Å². The smallest absolute Gasteiger partial charge is 0.0631 e. The molecule has 1 saturated carbocycles. The van der Waals surface area contributed by atoms with Gasteiger partial charge in [-0.3, -0.25) is 0 Å². The summed E-state index contributed by atoms with van der Waals surface area (Å²) in [4.78, 5) is 2.27. The highest BCUT2D eigenvalue weighted by molar-refractivity contribution is 6.31. The van der Waals surface area contributed by atoms with Crippen LogP contribution in [0.5, 0.6) is 0 Å². The zero-order valence-electron chi connectivity index (χ0n) is 12.8. The van der Waals surface area contributed by atoms with Gasteiger partial charge in [0.25, 0.3) is 0 Å². The minimum atomic E-state index is -0.204. The summed E-state index contributed by atoms with van der Waals surface area (Å²) in [5.41, 5.74) is 1.20. The van der Waals surface area contributed by atoms with Gasteiger partial charge in [0, 0.05) is 18.1 Å². The maximum Gasteiger partial charge on any atom is 0.0631 e. The first kappa shape index (κ1) is 15.8. The van der Waals surface area contributed by atoms with E-state index in [1.807, 2.05) is 18.2 Å². The average molecular weight is 296 g/mol. The number of nitrogens with zero attached hydrogens (tertiary/aromatic N) is 1. The first-order chi connectivity index (χ1) is 9.40. The predicted molar refractivity (Wildman–Crippen MR) is 84.9 cm³/mol. The summed E-state index contributed by atoms with van der Waals surface area (Å²) in [5.74, 6) is 0.367. The quantitative estimate of drug-likeness (QED) is 0.909. The lowest BCUT2D eigenvalue weighted by Crippen LogP contribution is -2.44. The molecular formula is C17H26ClNO. The fourth-order valence-electron chi connectivity index (χ4n) is 3.34. The van der Waals surface area contributed by atoms with Crippen molar-refractivity contribution in [3.63, 3.8) is 0 Å². The van der Waals surface area contributed by atoms with Crippen molar-refractivity contribution in [2.45, 2.75) is 45.8 Å². The van der Waals surface area contributed by atoms with Gasteiger partial charge in [0.1, 0.15) is 0 Å². The molecule has 1 aromatic rings. The molecule has 0 heterocycles. The first-order valence-corrected chi connectivity index (χ1v) is 7.88. The topological polar surface area (TPSA) is 23.5 Å². The molecule has 2 atom stereocenters. The summed E-state index contributed by atoms with van der Waals surface area (Å²) in [6, 6.07) is 7.98. The highest BCUT2D eigenvalue weighted by Gasteiger charge is 2.37. The van der Waals surface area contributed by atoms with Crippen molar-refractivity contribution in [1.29, 1.82) is 0 Å². The van der Waals surface area contributed by atoms with Gasteiger partial charge in [0.05, 0.1) is 6.10 Å². The van der Waals surface area contributed by atoms with E-state index in [1.54, 1.807) is 0 Å². The van der Waals surface area contributed by atoms with Crippen LogP contribution in [0.2, 0.25) is 5.02 Å². The van der Waals surface area contributed by atoms with Crippen LogP contribution in [0.3, 0.4) is 0 Å². The summed E-state index contributed by atoms with van der Waals surface area (Å²) in [6.07, 6.45) is 3.26. The molecule has 0 bridgehead atoms. The van der Waals surface area contributed by atoms with Crippen molar-refractivity contribution in [2.24, 2.45) is 11.3 Å². The summed E-state index contributed by atoms with van der Waals surface area (Å²) in [5, 5.41) is 11.3. The number of hydrogen-bond acceptors (Lipinski definition) is 2. The molecule has 1 aliphatic carbocycles. The maximum absolute atomic E-state index is 10.5. The van der Waals surface area contributed by atoms with Gasteiger partial charge in [-0.1, -0.05) is 50.1 Å². The molecule has 2 nitrogen and oxygen atoms in total. The maximum atomic E-state index is 10.5. The van der Waals surface area contributed by atoms with Crippen molar-refractivity contribution in [3.05, 3.63) is 34.9 Å². The van der Waals surface area contributed by atoms with Gasteiger partial charge in [0.15, 0.2) is 0 Å². The van der Waals surface area contributed by atoms with E-state index in [9.17, 15) is 5.11 Å². The third-order valence-electron chi connectivity index (χ3n) is 4.59. The minimum absolute atomic E-state index is 0.0498. The van der Waals surface area contributed by atoms with Crippen LogP contribution < -0.4 is 0 Å². The van der Waals surface area contributed by atoms with Gasteiger partial charge in [-0.2, -0.15) is 0 Å². The van der Waals surface area contributed by atoms with Gasteiger partial charge in [-0.15, -0.1) is 0 Å². The van der Waals surface area contributed by atoms with E-state index >= 15 is 0 Å². The molecule has 20 heavy (non-hydrogen) atoms. The Hall–Kier alpha value is -0.570. The Balaban J connectivity index is 1.94. The van der Waals surface area contributed by atoms with Crippen LogP contribution in [0, 0.1) is 11.3 Å². The molecule has 3 heteroatoms. The zero-order valence-corrected chi connectivity index (χ0v) is 13.5. The number of aliphatic hydroxyl groups is 1. The van der Waals surface area contributed by atoms with Gasteiger partial charge >= 0.3 is 0 Å². The molecule has 0 radical (unpaired) electrons. The van der Waals surface area contributed by atoms with Gasteiger partial charge in [0.2, 0.25) is 0 Å². The molecule has 0 aliphatic heterocycles. The fourth-order valence-corrected chi connectivity index (χ4v) is 3.53. The lowest BCUT2D eigenvalue weighted by molar-refractivity contribution is -0.0414. The molecular weight excluding hydrogens is 270 g/mol. The van der Waals surface area contributed by atoms with Gasteiger partial charge in [-0.25, -0.2) is 0 Å². The Morgan fingerprint density at radius 3 is 2.75 bits per heavy atom. The molecule has 0 saturated heterocycles. The Morgan fingerprint density at radius 1 is 1.35 bits per heavy atom. The second kappa shape index (κ2) is 6.46. The third kappa shape index (κ3) is 3.75. The molecule has 0 amide bonds. The van der Waals surface area contributed by atoms with E-state index in [2.05, 4.69) is 31.9 Å². The van der Waals surface area contributed by atoms with Crippen LogP contribution in [-0.2, 0) is 6.54 Å². The van der Waals surface area contributed by atoms with Gasteiger partial charge in [-0.05, 0) is 42.9 Å². The summed E-state index contributed by atoms with van der Waals surface area (Å²) in [7, 11) is 2.11. The predicted octanol–water partition coefficient (Wildman–Crippen LogP) is 3.96. The molecule has 1 aromatic carbocycles. The summed E-state index contributed by atoms with van der Waals surface area (Å²) in [6.45, 7) is 6.12. The molecule has 1 fully saturated rings. The van der Waals surface area contributed by atoms with E-state index in [0.29, 0.717) is 5.92 Å². The number of hydrogen-bond donors (Lipinski definition) is 1. The normalized spacial score (nSPS) is 25.9. The number of halogens is 1. The number of rotatable bonds is 4. The SMILES string of the molecule is CN(Cc1ccccc1Cl)CC1CCCC(C)(C)C1O. The molecule has 0 aromatic heterocycles. The number of benzene rings is 1. The van der Waals surface area contributed by atoms with E-state index in [-0.39, 0.29) is 11.5 Å². The lowest BCUT2D eigenvalue weighted by atomic mass is 9.69. The third-order valence-corrected chi connectivity index (χ3v) is 4.96. The highest BCUT2D eigenvalue weighted by atomic mass is 35.5. The van der Waals surface area contributed by atoms with Crippen LogP contribution >= 0.6 is 11.6 Å². The first-order valence-electron chi connectivity index (χ1n) is 7.50. The van der Waals surface area contributed by atoms with Crippen LogP contribution in [-0.4, -0.2) is 29.7 Å². The van der Waals surface area contributed by atoms with Crippen molar-refractivity contribution >= 4 is 11.6 Å². The van der Waals surface area contributed by atoms with Crippen LogP contribution in [0.25, 0.3) is 0 Å². The second-order valence-corrected chi connectivity index (χ2v) is 7.28. The minimum Gasteiger partial charge on any atom is -0.392 e. The zero-order chi connectivity index (χ0) is 14.8. The van der Waals surface area contributed by atoms with Crippen LogP contribution in [0.15, 0.2) is 24.3 Å². The standard InChI is InChI=1S/C17H26ClNO/c1-17(2)10-6-8-14(16(17)20)12-19(3)11-13-7-4-5-9-15(13)18/h4-5,7,9,14,16,20H,6,8,10-12H2,1-3H3. The largest absolute Gasteiger partial charge is 0.392 e. The van der Waals surface area contributed by atoms with Crippen LogP contribution in [0.4, 0.5) is 0 Å². The lowest BCUT2D eigenvalue weighted by Gasteiger charge is -2.42. The molecule has 2 rings (SSSR count). The van der Waals surface area contributed by atoms with Crippen molar-refractivity contribution in [1.82, 2.24) is 4.90 Å². The fraction of sp³-hybridized carbons (Fsp3) is 0.647. The van der Waals surface area contributed by atoms with Crippen molar-refractivity contribution in [2.75, 3.05) is 13.6 Å². The van der Waals surface area contributed by atoms with E-state index in [0.717, 1.165) is 36.5 Å². The van der Waals surface area contributed by atoms with Gasteiger partial charge < -0.3 is 10.0 Å². The van der Waals surface area contributed by atoms with Crippen LogP contribution in [0.1, 0.15) is 38.7 Å². The van der Waals surface area contributed by atoms with E-state index in [1.165, 1.54) is 6.42 Å². The molecule has 112 valence electrons. The molecule has 1 N–H and O–H groups in total. The Kier molecular flexibility index (Phi) is 5.11. The Bertz CT molecular complexity index is 446. The monoisotopic (exact) mass is 295 g/mol. The summed E-state index contributed by atoms with van der Waals surface area (Å²) < 4.78 is 0. The molecule has 1 aliphatic rings. The summed E-state index contributed by atoms with van der Waals surface area (Å²) >= 11 is 6.21. The second-order valence-electron chi connectivity index (χ2n) is 6.87. The highest BCUT2D eigenvalue weighted by Crippen LogP contribution is 2.39. The molecule has 2 unspecified atom stereocenters. The number of aliphatic hydroxyl groups excluding tert-OH is 1.